The molecule has 128 valence electrons. The average molecular weight is 405 g/mol. The molecule has 0 spiro atoms. The fourth-order valence-corrected chi connectivity index (χ4v) is 3.03. The van der Waals surface area contributed by atoms with Gasteiger partial charge in [-0.25, -0.2) is 4.39 Å². The Morgan fingerprint density at radius 1 is 1.20 bits per heavy atom. The number of hydrogen-bond acceptors (Lipinski definition) is 3. The van der Waals surface area contributed by atoms with Gasteiger partial charge >= 0.3 is 0 Å². The van der Waals surface area contributed by atoms with E-state index >= 15 is 0 Å². The van der Waals surface area contributed by atoms with Crippen LogP contribution in [0.5, 0.6) is 0 Å². The van der Waals surface area contributed by atoms with Crippen LogP contribution in [0.25, 0.3) is 0 Å². The van der Waals surface area contributed by atoms with E-state index < -0.39 is 17.6 Å². The Kier molecular flexibility index (Phi) is 4.94. The first-order chi connectivity index (χ1) is 12.0. The van der Waals surface area contributed by atoms with E-state index in [-0.39, 0.29) is 25.3 Å². The van der Waals surface area contributed by atoms with Gasteiger partial charge in [-0.3, -0.25) is 19.3 Å². The van der Waals surface area contributed by atoms with Gasteiger partial charge in [-0.05, 0) is 51.8 Å². The van der Waals surface area contributed by atoms with E-state index in [1.807, 2.05) is 6.07 Å². The molecular weight excluding hydrogens is 391 g/mol. The summed E-state index contributed by atoms with van der Waals surface area (Å²) in [5, 5.41) is 2.72. The van der Waals surface area contributed by atoms with Crippen molar-refractivity contribution in [2.45, 2.75) is 12.8 Å². The van der Waals surface area contributed by atoms with Crippen LogP contribution < -0.4 is 5.32 Å². The highest BCUT2D eigenvalue weighted by Crippen LogP contribution is 2.23. The monoisotopic (exact) mass is 404 g/mol. The minimum absolute atomic E-state index is 0.0185. The SMILES string of the molecule is O=C(CCN1C(=O)Cc2cc(F)ccc2C1=O)Nc1ccccc1Br. The Morgan fingerprint density at radius 3 is 2.72 bits per heavy atom. The second-order valence-electron chi connectivity index (χ2n) is 5.61. The van der Waals surface area contributed by atoms with Crippen molar-refractivity contribution >= 4 is 39.3 Å². The van der Waals surface area contributed by atoms with Crippen LogP contribution in [0.1, 0.15) is 22.3 Å². The molecule has 0 bridgehead atoms. The number of anilines is 1. The van der Waals surface area contributed by atoms with Crippen molar-refractivity contribution in [2.75, 3.05) is 11.9 Å². The number of halogens is 2. The Morgan fingerprint density at radius 2 is 1.96 bits per heavy atom. The molecule has 1 aliphatic heterocycles. The third-order valence-electron chi connectivity index (χ3n) is 3.90. The Hall–Kier alpha value is -2.54. The molecule has 0 saturated heterocycles. The Bertz CT molecular complexity index is 869. The minimum Gasteiger partial charge on any atom is -0.325 e. The molecule has 0 fully saturated rings. The van der Waals surface area contributed by atoms with Gasteiger partial charge in [-0.2, -0.15) is 0 Å². The number of carbonyl (C=O) groups excluding carboxylic acids is 3. The van der Waals surface area contributed by atoms with Gasteiger partial charge in [0.15, 0.2) is 0 Å². The summed E-state index contributed by atoms with van der Waals surface area (Å²) in [6, 6.07) is 10.9. The van der Waals surface area contributed by atoms with Crippen molar-refractivity contribution in [1.29, 1.82) is 0 Å². The number of para-hydroxylation sites is 1. The van der Waals surface area contributed by atoms with E-state index in [0.29, 0.717) is 16.8 Å². The van der Waals surface area contributed by atoms with Crippen molar-refractivity contribution in [2.24, 2.45) is 0 Å². The van der Waals surface area contributed by atoms with Gasteiger partial charge in [-0.15, -0.1) is 0 Å². The quantitative estimate of drug-likeness (QED) is 0.795. The van der Waals surface area contributed by atoms with Gasteiger partial charge in [-0.1, -0.05) is 12.1 Å². The smallest absolute Gasteiger partial charge is 0.260 e. The van der Waals surface area contributed by atoms with Crippen LogP contribution in [0, 0.1) is 5.82 Å². The van der Waals surface area contributed by atoms with E-state index in [0.717, 1.165) is 9.37 Å². The highest BCUT2D eigenvalue weighted by molar-refractivity contribution is 9.10. The molecule has 25 heavy (non-hydrogen) atoms. The van der Waals surface area contributed by atoms with Gasteiger partial charge in [0.05, 0.1) is 12.1 Å². The average Bonchev–Trinajstić information content (AvgIpc) is 2.56. The molecule has 1 aliphatic rings. The summed E-state index contributed by atoms with van der Waals surface area (Å²) >= 11 is 3.33. The molecule has 0 aliphatic carbocycles. The Labute approximate surface area is 151 Å². The molecule has 7 heteroatoms. The van der Waals surface area contributed by atoms with Crippen LogP contribution in [0.4, 0.5) is 10.1 Å². The molecule has 0 saturated carbocycles. The van der Waals surface area contributed by atoms with Crippen LogP contribution in [-0.4, -0.2) is 29.2 Å². The first-order valence-corrected chi connectivity index (χ1v) is 8.42. The lowest BCUT2D eigenvalue weighted by molar-refractivity contribution is -0.128. The van der Waals surface area contributed by atoms with Crippen LogP contribution >= 0.6 is 15.9 Å². The maximum atomic E-state index is 13.2. The number of rotatable bonds is 4. The molecule has 3 rings (SSSR count). The lowest BCUT2D eigenvalue weighted by Crippen LogP contribution is -2.43. The standard InChI is InChI=1S/C18H14BrFN2O3/c19-14-3-1-2-4-15(14)21-16(23)7-8-22-17(24)10-11-9-12(20)5-6-13(11)18(22)25/h1-6,9H,7-8,10H2,(H,21,23). The summed E-state index contributed by atoms with van der Waals surface area (Å²) in [6.07, 6.45) is -0.0694. The minimum atomic E-state index is -0.500. The molecule has 0 unspecified atom stereocenters. The molecule has 1 N–H and O–H groups in total. The van der Waals surface area contributed by atoms with Crippen molar-refractivity contribution in [1.82, 2.24) is 4.90 Å². The predicted molar refractivity (Wildman–Crippen MR) is 93.5 cm³/mol. The zero-order valence-corrected chi connectivity index (χ0v) is 14.7. The van der Waals surface area contributed by atoms with Crippen LogP contribution in [0.3, 0.4) is 0 Å². The maximum absolute atomic E-state index is 13.2. The topological polar surface area (TPSA) is 66.5 Å². The number of amides is 3. The molecule has 3 amide bonds. The largest absolute Gasteiger partial charge is 0.325 e. The van der Waals surface area contributed by atoms with E-state index in [9.17, 15) is 18.8 Å². The van der Waals surface area contributed by atoms with E-state index in [2.05, 4.69) is 21.2 Å². The summed E-state index contributed by atoms with van der Waals surface area (Å²) in [6.45, 7) is -0.0230. The number of benzene rings is 2. The highest BCUT2D eigenvalue weighted by Gasteiger charge is 2.31. The normalized spacial score (nSPS) is 13.6. The molecule has 2 aromatic carbocycles. The number of carbonyl (C=O) groups is 3. The van der Waals surface area contributed by atoms with E-state index in [1.165, 1.54) is 18.2 Å². The number of imide groups is 1. The molecule has 1 heterocycles. The maximum Gasteiger partial charge on any atom is 0.260 e. The van der Waals surface area contributed by atoms with Crippen molar-refractivity contribution in [3.8, 4) is 0 Å². The van der Waals surface area contributed by atoms with Gasteiger partial charge in [0.2, 0.25) is 11.8 Å². The lowest BCUT2D eigenvalue weighted by Gasteiger charge is -2.26. The summed E-state index contributed by atoms with van der Waals surface area (Å²) in [4.78, 5) is 37.7. The predicted octanol–water partition coefficient (Wildman–Crippen LogP) is 3.14. The number of nitrogens with zero attached hydrogens (tertiary/aromatic N) is 1. The zero-order chi connectivity index (χ0) is 18.0. The summed E-state index contributed by atoms with van der Waals surface area (Å²) < 4.78 is 14.0. The van der Waals surface area contributed by atoms with Crippen molar-refractivity contribution < 1.29 is 18.8 Å². The second kappa shape index (κ2) is 7.14. The van der Waals surface area contributed by atoms with Gasteiger partial charge in [0.25, 0.3) is 5.91 Å². The lowest BCUT2D eigenvalue weighted by atomic mass is 9.98. The first-order valence-electron chi connectivity index (χ1n) is 7.63. The third-order valence-corrected chi connectivity index (χ3v) is 4.59. The van der Waals surface area contributed by atoms with Crippen LogP contribution in [0.15, 0.2) is 46.9 Å². The van der Waals surface area contributed by atoms with E-state index in [1.54, 1.807) is 18.2 Å². The van der Waals surface area contributed by atoms with Crippen molar-refractivity contribution in [3.05, 3.63) is 63.9 Å². The van der Waals surface area contributed by atoms with Gasteiger partial charge in [0, 0.05) is 23.0 Å². The molecular formula is C18H14BrFN2O3. The Balaban J connectivity index is 1.66. The summed E-state index contributed by atoms with van der Waals surface area (Å²) in [7, 11) is 0. The molecule has 0 aromatic heterocycles. The molecule has 2 aromatic rings. The highest BCUT2D eigenvalue weighted by atomic mass is 79.9. The molecule has 5 nitrogen and oxygen atoms in total. The summed E-state index contributed by atoms with van der Waals surface area (Å²) in [5.74, 6) is -1.73. The number of nitrogens with one attached hydrogen (secondary N) is 1. The van der Waals surface area contributed by atoms with Crippen LogP contribution in [-0.2, 0) is 16.0 Å². The van der Waals surface area contributed by atoms with Crippen molar-refractivity contribution in [3.63, 3.8) is 0 Å². The van der Waals surface area contributed by atoms with Gasteiger partial charge in [0.1, 0.15) is 5.82 Å². The molecule has 0 radical (unpaired) electrons. The fraction of sp³-hybridized carbons (Fsp3) is 0.167. The summed E-state index contributed by atoms with van der Waals surface area (Å²) in [5.41, 5.74) is 1.29. The second-order valence-corrected chi connectivity index (χ2v) is 6.46. The number of fused-ring (bicyclic) bond motifs is 1. The van der Waals surface area contributed by atoms with E-state index in [4.69, 9.17) is 0 Å². The van der Waals surface area contributed by atoms with Gasteiger partial charge < -0.3 is 5.32 Å². The molecule has 0 atom stereocenters. The first kappa shape index (κ1) is 17.3. The third kappa shape index (κ3) is 3.76. The zero-order valence-electron chi connectivity index (χ0n) is 13.1. The fourth-order valence-electron chi connectivity index (χ4n) is 2.65. The van der Waals surface area contributed by atoms with Crippen LogP contribution in [0.2, 0.25) is 0 Å². The number of hydrogen-bond donors (Lipinski definition) is 1.